The Bertz CT molecular complexity index is 668. The van der Waals surface area contributed by atoms with Crippen molar-refractivity contribution in [3.8, 4) is 0 Å². The molecule has 0 N–H and O–H groups in total. The van der Waals surface area contributed by atoms with Crippen LogP contribution in [0.15, 0.2) is 59.6 Å². The van der Waals surface area contributed by atoms with Crippen LogP contribution < -0.4 is 0 Å². The number of carbonyl (C=O) groups excluding carboxylic acids is 1. The molecular weight excluding hydrogens is 344 g/mol. The van der Waals surface area contributed by atoms with Gasteiger partial charge in [-0.1, -0.05) is 30.7 Å². The van der Waals surface area contributed by atoms with Crippen LogP contribution in [0.3, 0.4) is 0 Å². The minimum absolute atomic E-state index is 0.0931. The van der Waals surface area contributed by atoms with Gasteiger partial charge in [-0.25, -0.2) is 4.79 Å². The molecule has 0 radical (unpaired) electrons. The highest BCUT2D eigenvalue weighted by atomic mass is 16.6. The third-order valence-electron chi connectivity index (χ3n) is 4.74. The van der Waals surface area contributed by atoms with Crippen molar-refractivity contribution >= 4 is 5.97 Å². The van der Waals surface area contributed by atoms with E-state index in [2.05, 4.69) is 38.2 Å². The Kier molecular flexibility index (Phi) is 8.57. The maximum atomic E-state index is 11.4. The smallest absolute Gasteiger partial charge is 0.334 e. The minimum atomic E-state index is -0.505. The van der Waals surface area contributed by atoms with Gasteiger partial charge in [-0.3, -0.25) is 0 Å². The van der Waals surface area contributed by atoms with Gasteiger partial charge < -0.3 is 18.9 Å². The van der Waals surface area contributed by atoms with Crippen molar-refractivity contribution in [1.82, 2.24) is 0 Å². The number of esters is 1. The molecule has 1 aliphatic rings. The first-order valence-corrected chi connectivity index (χ1v) is 8.95. The highest BCUT2D eigenvalue weighted by Crippen LogP contribution is 2.43. The van der Waals surface area contributed by atoms with Crippen LogP contribution in [-0.4, -0.2) is 39.0 Å². The summed E-state index contributed by atoms with van der Waals surface area (Å²) < 4.78 is 20.9. The molecule has 0 spiro atoms. The average Bonchev–Trinajstić information content (AvgIpc) is 3.31. The molecular formula is C22H32O5. The van der Waals surface area contributed by atoms with Gasteiger partial charge >= 0.3 is 5.97 Å². The summed E-state index contributed by atoms with van der Waals surface area (Å²) in [5.74, 6) is 0.641. The van der Waals surface area contributed by atoms with Crippen LogP contribution in [0, 0.1) is 5.92 Å². The maximum Gasteiger partial charge on any atom is 0.334 e. The molecule has 150 valence electrons. The first kappa shape index (κ1) is 22.8. The summed E-state index contributed by atoms with van der Waals surface area (Å²) in [4.78, 5) is 11.4. The van der Waals surface area contributed by atoms with E-state index < -0.39 is 5.97 Å². The predicted octanol–water partition coefficient (Wildman–Crippen LogP) is 4.48. The molecule has 1 aliphatic heterocycles. The maximum absolute atomic E-state index is 11.4. The van der Waals surface area contributed by atoms with Gasteiger partial charge in [0.15, 0.2) is 11.5 Å². The molecule has 27 heavy (non-hydrogen) atoms. The van der Waals surface area contributed by atoms with Crippen molar-refractivity contribution < 1.29 is 23.7 Å². The number of ether oxygens (including phenoxy) is 4. The summed E-state index contributed by atoms with van der Waals surface area (Å²) in [7, 11) is 4.31. The molecule has 1 fully saturated rings. The third kappa shape index (κ3) is 6.75. The molecule has 5 nitrogen and oxygen atoms in total. The van der Waals surface area contributed by atoms with Crippen LogP contribution in [0.5, 0.6) is 0 Å². The van der Waals surface area contributed by atoms with E-state index in [9.17, 15) is 4.79 Å². The van der Waals surface area contributed by atoms with Crippen LogP contribution in [-0.2, 0) is 23.7 Å². The van der Waals surface area contributed by atoms with Gasteiger partial charge in [-0.2, -0.15) is 0 Å². The third-order valence-corrected chi connectivity index (χ3v) is 4.74. The lowest BCUT2D eigenvalue weighted by atomic mass is 9.89. The molecule has 0 saturated carbocycles. The topological polar surface area (TPSA) is 57.3 Å². The number of rotatable bonds is 10. The van der Waals surface area contributed by atoms with E-state index in [0.717, 1.165) is 12.0 Å². The van der Waals surface area contributed by atoms with Crippen LogP contribution in [0.4, 0.5) is 0 Å². The highest BCUT2D eigenvalue weighted by Gasteiger charge is 2.50. The summed E-state index contributed by atoms with van der Waals surface area (Å²) in [5, 5.41) is 0. The van der Waals surface area contributed by atoms with E-state index in [1.807, 2.05) is 25.2 Å². The molecule has 3 atom stereocenters. The van der Waals surface area contributed by atoms with Crippen LogP contribution in [0.1, 0.15) is 34.1 Å². The monoisotopic (exact) mass is 376 g/mol. The van der Waals surface area contributed by atoms with E-state index in [1.165, 1.54) is 33.0 Å². The Hall–Kier alpha value is -2.27. The lowest BCUT2D eigenvalue weighted by molar-refractivity contribution is -0.135. The van der Waals surface area contributed by atoms with E-state index in [1.54, 1.807) is 0 Å². The van der Waals surface area contributed by atoms with Gasteiger partial charge in [0, 0.05) is 0 Å². The van der Waals surface area contributed by atoms with E-state index in [-0.39, 0.29) is 11.7 Å². The molecule has 1 rings (SSSR count). The molecule has 0 amide bonds. The fourth-order valence-corrected chi connectivity index (χ4v) is 2.80. The van der Waals surface area contributed by atoms with Gasteiger partial charge in [0.2, 0.25) is 0 Å². The van der Waals surface area contributed by atoms with Crippen LogP contribution in [0.2, 0.25) is 0 Å². The van der Waals surface area contributed by atoms with Crippen molar-refractivity contribution in [2.45, 2.75) is 45.8 Å². The number of hydrogen-bond donors (Lipinski definition) is 0. The quantitative estimate of drug-likeness (QED) is 0.140. The molecule has 0 aromatic carbocycles. The Morgan fingerprint density at radius 1 is 1.11 bits per heavy atom. The molecule has 5 heteroatoms. The highest BCUT2D eigenvalue weighted by molar-refractivity contribution is 5.83. The second kappa shape index (κ2) is 10.2. The van der Waals surface area contributed by atoms with Crippen molar-refractivity contribution in [1.29, 1.82) is 0 Å². The van der Waals surface area contributed by atoms with Gasteiger partial charge in [0.1, 0.15) is 6.10 Å². The largest absolute Gasteiger partial charge is 0.493 e. The second-order valence-corrected chi connectivity index (χ2v) is 6.96. The lowest BCUT2D eigenvalue weighted by Crippen LogP contribution is -2.14. The standard InChI is InChI=1S/C22H32O5/c1-9-20-22(5,27-20)14-17(4)16(3)11-10-15(2)12-18(24-6)19(25-7)13-21(23)26-8/h9-13,17,20H,1,14H2,2-8H3/b15-10-,16-11+,18-12+,19-13+/t17?,20-,22-/m1/s1. The van der Waals surface area contributed by atoms with E-state index in [4.69, 9.17) is 14.2 Å². The summed E-state index contributed by atoms with van der Waals surface area (Å²) in [6.07, 6.45) is 10.1. The van der Waals surface area contributed by atoms with Crippen molar-refractivity contribution in [3.05, 3.63) is 59.6 Å². The molecule has 1 heterocycles. The molecule has 0 aromatic rings. The van der Waals surface area contributed by atoms with Gasteiger partial charge in [0.05, 0.1) is 33.0 Å². The number of epoxide rings is 1. The predicted molar refractivity (Wildman–Crippen MR) is 107 cm³/mol. The number of allylic oxidation sites excluding steroid dienone is 5. The zero-order valence-electron chi connectivity index (χ0n) is 17.5. The van der Waals surface area contributed by atoms with Crippen molar-refractivity contribution in [2.24, 2.45) is 5.92 Å². The fourth-order valence-electron chi connectivity index (χ4n) is 2.80. The zero-order chi connectivity index (χ0) is 20.6. The van der Waals surface area contributed by atoms with Gasteiger partial charge in [0.25, 0.3) is 0 Å². The zero-order valence-corrected chi connectivity index (χ0v) is 17.5. The Balaban J connectivity index is 2.87. The Morgan fingerprint density at radius 2 is 1.70 bits per heavy atom. The van der Waals surface area contributed by atoms with E-state index in [0.29, 0.717) is 17.4 Å². The van der Waals surface area contributed by atoms with Crippen molar-refractivity contribution in [2.75, 3.05) is 21.3 Å². The minimum Gasteiger partial charge on any atom is -0.493 e. The normalized spacial score (nSPS) is 24.9. The van der Waals surface area contributed by atoms with Crippen molar-refractivity contribution in [3.63, 3.8) is 0 Å². The SMILES string of the molecule is C=C[C@H]1O[C@]1(C)CC(C)/C(C)=C/C=C(C)\C=C(OC)/C(=C\C(=O)OC)OC. The summed E-state index contributed by atoms with van der Waals surface area (Å²) in [6, 6.07) is 0. The number of methoxy groups -OCH3 is 3. The summed E-state index contributed by atoms with van der Waals surface area (Å²) >= 11 is 0. The first-order chi connectivity index (χ1) is 12.7. The average molecular weight is 376 g/mol. The number of hydrogen-bond acceptors (Lipinski definition) is 5. The fraction of sp³-hybridized carbons (Fsp3) is 0.500. The molecule has 0 aromatic heterocycles. The van der Waals surface area contributed by atoms with Crippen LogP contribution in [0.25, 0.3) is 0 Å². The molecule has 1 unspecified atom stereocenters. The Labute approximate surface area is 163 Å². The molecule has 0 bridgehead atoms. The Morgan fingerprint density at radius 3 is 2.19 bits per heavy atom. The van der Waals surface area contributed by atoms with Gasteiger partial charge in [-0.15, -0.1) is 6.58 Å². The van der Waals surface area contributed by atoms with Gasteiger partial charge in [-0.05, 0) is 44.8 Å². The molecule has 0 aliphatic carbocycles. The van der Waals surface area contributed by atoms with E-state index >= 15 is 0 Å². The second-order valence-electron chi connectivity index (χ2n) is 6.96. The molecule has 1 saturated heterocycles. The summed E-state index contributed by atoms with van der Waals surface area (Å²) in [6.45, 7) is 12.2. The number of carbonyl (C=O) groups is 1. The van der Waals surface area contributed by atoms with Crippen LogP contribution >= 0.6 is 0 Å². The first-order valence-electron chi connectivity index (χ1n) is 8.95. The lowest BCUT2D eigenvalue weighted by Gasteiger charge is -2.15. The summed E-state index contributed by atoms with van der Waals surface area (Å²) in [5.41, 5.74) is 2.13.